The van der Waals surface area contributed by atoms with Gasteiger partial charge in [0.2, 0.25) is 10.0 Å². The molecule has 1 heterocycles. The van der Waals surface area contributed by atoms with Crippen LogP contribution in [0, 0.1) is 5.82 Å². The van der Waals surface area contributed by atoms with Crippen molar-refractivity contribution in [3.05, 3.63) is 59.9 Å². The Morgan fingerprint density at radius 1 is 1.20 bits per heavy atom. The number of hydrogen-bond donors (Lipinski definition) is 2. The van der Waals surface area contributed by atoms with Crippen LogP contribution in [0.5, 0.6) is 0 Å². The number of aliphatic hydroxyl groups excluding tert-OH is 1. The highest BCUT2D eigenvalue weighted by Crippen LogP contribution is 2.27. The molecule has 3 atom stereocenters. The summed E-state index contributed by atoms with van der Waals surface area (Å²) in [6.45, 7) is 2.77. The molecule has 0 aliphatic carbocycles. The van der Waals surface area contributed by atoms with Gasteiger partial charge in [0.15, 0.2) is 0 Å². The summed E-state index contributed by atoms with van der Waals surface area (Å²) < 4.78 is 39.9. The summed E-state index contributed by atoms with van der Waals surface area (Å²) in [6.07, 6.45) is 4.28. The first-order valence-electron chi connectivity index (χ1n) is 10.5. The van der Waals surface area contributed by atoms with E-state index in [0.717, 1.165) is 42.5 Å². The molecular weight excluding hydrogens is 403 g/mol. The Hall–Kier alpha value is -1.80. The average Bonchev–Trinajstić information content (AvgIpc) is 2.69. The number of benzene rings is 2. The van der Waals surface area contributed by atoms with Crippen LogP contribution < -0.4 is 4.72 Å². The first-order valence-corrected chi connectivity index (χ1v) is 12.4. The Morgan fingerprint density at radius 3 is 2.60 bits per heavy atom. The molecule has 164 valence electrons. The van der Waals surface area contributed by atoms with Crippen LogP contribution >= 0.6 is 0 Å². The lowest BCUT2D eigenvalue weighted by molar-refractivity contribution is -0.0529. The maximum Gasteiger partial charge on any atom is 0.209 e. The van der Waals surface area contributed by atoms with Crippen LogP contribution in [0.4, 0.5) is 4.39 Å². The van der Waals surface area contributed by atoms with E-state index in [1.54, 1.807) is 12.1 Å². The fourth-order valence-corrected chi connectivity index (χ4v) is 5.14. The van der Waals surface area contributed by atoms with Gasteiger partial charge in [-0.1, -0.05) is 49.7 Å². The van der Waals surface area contributed by atoms with E-state index in [1.807, 2.05) is 30.0 Å². The summed E-state index contributed by atoms with van der Waals surface area (Å²) in [5.74, 6) is -0.271. The van der Waals surface area contributed by atoms with Crippen LogP contribution in [0.25, 0.3) is 11.1 Å². The summed E-state index contributed by atoms with van der Waals surface area (Å²) in [5, 5.41) is 10.7. The van der Waals surface area contributed by atoms with Gasteiger partial charge in [0.25, 0.3) is 0 Å². The molecule has 1 saturated heterocycles. The van der Waals surface area contributed by atoms with Gasteiger partial charge in [-0.25, -0.2) is 17.5 Å². The van der Waals surface area contributed by atoms with Gasteiger partial charge >= 0.3 is 0 Å². The smallest absolute Gasteiger partial charge is 0.209 e. The number of likely N-dealkylation sites (tertiary alicyclic amines) is 1. The quantitative estimate of drug-likeness (QED) is 0.667. The Labute approximate surface area is 179 Å². The van der Waals surface area contributed by atoms with Gasteiger partial charge in [0.1, 0.15) is 12.0 Å². The average molecular weight is 435 g/mol. The minimum Gasteiger partial charge on any atom is -0.378 e. The molecule has 0 amide bonds. The third kappa shape index (κ3) is 6.11. The molecule has 0 bridgehead atoms. The number of aliphatic hydroxyl groups is 1. The zero-order valence-corrected chi connectivity index (χ0v) is 18.4. The number of halogens is 1. The number of hydrogen-bond acceptors (Lipinski definition) is 4. The predicted octanol–water partition coefficient (Wildman–Crippen LogP) is 3.54. The van der Waals surface area contributed by atoms with Crippen LogP contribution in [-0.2, 0) is 16.4 Å². The van der Waals surface area contributed by atoms with Gasteiger partial charge in [0.05, 0.1) is 6.26 Å². The van der Waals surface area contributed by atoms with Gasteiger partial charge in [-0.05, 0) is 54.5 Å². The molecule has 0 radical (unpaired) electrons. The minimum absolute atomic E-state index is 0.140. The largest absolute Gasteiger partial charge is 0.378 e. The molecule has 0 saturated carbocycles. The summed E-state index contributed by atoms with van der Waals surface area (Å²) in [7, 11) is -3.36. The number of piperidine rings is 1. The second-order valence-corrected chi connectivity index (χ2v) is 9.90. The molecule has 1 fully saturated rings. The maximum absolute atomic E-state index is 13.3. The Kier molecular flexibility index (Phi) is 7.63. The molecule has 7 heteroatoms. The second kappa shape index (κ2) is 10.0. The number of rotatable bonds is 8. The van der Waals surface area contributed by atoms with Crippen molar-refractivity contribution in [2.24, 2.45) is 0 Å². The van der Waals surface area contributed by atoms with E-state index in [9.17, 15) is 17.9 Å². The Balaban J connectivity index is 1.88. The number of nitrogens with one attached hydrogen (secondary N) is 1. The molecular formula is C23H31FN2O3S. The Bertz CT molecular complexity index is 934. The van der Waals surface area contributed by atoms with E-state index in [1.165, 1.54) is 18.4 Å². The van der Waals surface area contributed by atoms with Crippen LogP contribution in [0.15, 0.2) is 48.5 Å². The zero-order chi connectivity index (χ0) is 21.7. The predicted molar refractivity (Wildman–Crippen MR) is 118 cm³/mol. The van der Waals surface area contributed by atoms with Crippen LogP contribution in [0.1, 0.15) is 38.2 Å². The van der Waals surface area contributed by atoms with E-state index in [2.05, 4.69) is 10.8 Å². The Morgan fingerprint density at radius 2 is 1.93 bits per heavy atom. The third-order valence-electron chi connectivity index (χ3n) is 5.67. The summed E-state index contributed by atoms with van der Waals surface area (Å²) in [5.41, 5.74) is 2.96. The topological polar surface area (TPSA) is 69.6 Å². The monoisotopic (exact) mass is 434 g/mol. The van der Waals surface area contributed by atoms with Crippen molar-refractivity contribution < 1.29 is 17.9 Å². The minimum atomic E-state index is -3.36. The van der Waals surface area contributed by atoms with Crippen molar-refractivity contribution in [2.75, 3.05) is 12.8 Å². The molecule has 1 aliphatic rings. The SMILES string of the molecule is CCCC(O)N1CCCC(NS(C)(=O)=O)C1Cc1cccc(-c2ccc(F)cc2)c1. The standard InChI is InChI=1S/C23H31FN2O3S/c1-3-6-23(27)26-14-5-9-21(25-30(2,28)29)22(26)16-17-7-4-8-19(15-17)18-10-12-20(24)13-11-18/h4,7-8,10-13,15,21-23,25,27H,3,5-6,9,14,16H2,1-2H3. The number of sulfonamides is 1. The van der Waals surface area contributed by atoms with Crippen LogP contribution in [-0.4, -0.2) is 49.5 Å². The third-order valence-corrected chi connectivity index (χ3v) is 6.40. The summed E-state index contributed by atoms with van der Waals surface area (Å²) in [6, 6.07) is 14.0. The first kappa shape index (κ1) is 22.9. The van der Waals surface area contributed by atoms with E-state index < -0.39 is 16.3 Å². The highest BCUT2D eigenvalue weighted by atomic mass is 32.2. The molecule has 30 heavy (non-hydrogen) atoms. The van der Waals surface area contributed by atoms with Gasteiger partial charge < -0.3 is 5.11 Å². The van der Waals surface area contributed by atoms with Crippen molar-refractivity contribution in [1.29, 1.82) is 0 Å². The van der Waals surface area contributed by atoms with Crippen LogP contribution in [0.3, 0.4) is 0 Å². The van der Waals surface area contributed by atoms with Gasteiger partial charge in [-0.2, -0.15) is 0 Å². The van der Waals surface area contributed by atoms with E-state index >= 15 is 0 Å². The maximum atomic E-state index is 13.3. The molecule has 3 unspecified atom stereocenters. The fraction of sp³-hybridized carbons (Fsp3) is 0.478. The van der Waals surface area contributed by atoms with Gasteiger partial charge in [0, 0.05) is 18.6 Å². The highest BCUT2D eigenvalue weighted by Gasteiger charge is 2.36. The van der Waals surface area contributed by atoms with Crippen LogP contribution in [0.2, 0.25) is 0 Å². The van der Waals surface area contributed by atoms with Gasteiger partial charge in [-0.3, -0.25) is 4.90 Å². The molecule has 2 aromatic rings. The lowest BCUT2D eigenvalue weighted by atomic mass is 9.90. The summed E-state index contributed by atoms with van der Waals surface area (Å²) in [4.78, 5) is 2.04. The lowest BCUT2D eigenvalue weighted by Gasteiger charge is -2.44. The van der Waals surface area contributed by atoms with E-state index in [0.29, 0.717) is 12.8 Å². The van der Waals surface area contributed by atoms with Gasteiger partial charge in [-0.15, -0.1) is 0 Å². The van der Waals surface area contributed by atoms with Crippen molar-refractivity contribution >= 4 is 10.0 Å². The van der Waals surface area contributed by atoms with Crippen molar-refractivity contribution in [1.82, 2.24) is 9.62 Å². The molecule has 2 aromatic carbocycles. The van der Waals surface area contributed by atoms with Crippen molar-refractivity contribution in [3.8, 4) is 11.1 Å². The van der Waals surface area contributed by atoms with Crippen molar-refractivity contribution in [3.63, 3.8) is 0 Å². The normalized spacial score (nSPS) is 21.5. The fourth-order valence-electron chi connectivity index (χ4n) is 4.31. The first-order chi connectivity index (χ1) is 14.3. The molecule has 5 nitrogen and oxygen atoms in total. The highest BCUT2D eigenvalue weighted by molar-refractivity contribution is 7.88. The lowest BCUT2D eigenvalue weighted by Crippen LogP contribution is -2.58. The molecule has 3 rings (SSSR count). The van der Waals surface area contributed by atoms with E-state index in [4.69, 9.17) is 0 Å². The molecule has 0 spiro atoms. The van der Waals surface area contributed by atoms with Crippen molar-refractivity contribution in [2.45, 2.75) is 57.3 Å². The molecule has 2 N–H and O–H groups in total. The number of nitrogens with zero attached hydrogens (tertiary/aromatic N) is 1. The van der Waals surface area contributed by atoms with E-state index in [-0.39, 0.29) is 17.9 Å². The summed E-state index contributed by atoms with van der Waals surface area (Å²) >= 11 is 0. The second-order valence-electron chi connectivity index (χ2n) is 8.12. The molecule has 1 aliphatic heterocycles. The molecule has 0 aromatic heterocycles. The zero-order valence-electron chi connectivity index (χ0n) is 17.6.